The number of benzene rings is 1. The first-order valence-electron chi connectivity index (χ1n) is 8.08. The first-order chi connectivity index (χ1) is 11.7. The van der Waals surface area contributed by atoms with Gasteiger partial charge < -0.3 is 10.6 Å². The van der Waals surface area contributed by atoms with Crippen molar-refractivity contribution in [2.75, 3.05) is 17.2 Å². The van der Waals surface area contributed by atoms with E-state index in [1.54, 1.807) is 6.20 Å². The highest BCUT2D eigenvalue weighted by atomic mass is 15.1. The molecular formula is C19H21N5. The van der Waals surface area contributed by atoms with Gasteiger partial charge in [-0.2, -0.15) is 4.98 Å². The smallest absolute Gasteiger partial charge is 0.225 e. The number of rotatable bonds is 6. The topological polar surface area (TPSA) is 62.7 Å². The van der Waals surface area contributed by atoms with Crippen molar-refractivity contribution in [1.29, 1.82) is 0 Å². The van der Waals surface area contributed by atoms with Crippen LogP contribution in [-0.2, 0) is 6.54 Å². The number of aryl methyl sites for hydroxylation is 1. The molecule has 3 aromatic rings. The second-order valence-electron chi connectivity index (χ2n) is 5.55. The molecule has 3 rings (SSSR count). The number of hydrogen-bond donors (Lipinski definition) is 2. The van der Waals surface area contributed by atoms with Crippen molar-refractivity contribution >= 4 is 11.8 Å². The van der Waals surface area contributed by atoms with Crippen LogP contribution in [0.2, 0.25) is 0 Å². The maximum atomic E-state index is 4.54. The molecule has 0 atom stereocenters. The summed E-state index contributed by atoms with van der Waals surface area (Å²) < 4.78 is 0. The molecule has 2 heterocycles. The fourth-order valence-corrected chi connectivity index (χ4v) is 2.32. The number of hydrogen-bond acceptors (Lipinski definition) is 5. The summed E-state index contributed by atoms with van der Waals surface area (Å²) in [4.78, 5) is 13.4. The Morgan fingerprint density at radius 3 is 2.46 bits per heavy atom. The minimum atomic E-state index is 0.604. The zero-order chi connectivity index (χ0) is 16.8. The molecule has 1 aromatic carbocycles. The molecule has 24 heavy (non-hydrogen) atoms. The third-order valence-corrected chi connectivity index (χ3v) is 3.58. The largest absolute Gasteiger partial charge is 0.366 e. The molecule has 2 aromatic heterocycles. The summed E-state index contributed by atoms with van der Waals surface area (Å²) in [5.74, 6) is 1.38. The van der Waals surface area contributed by atoms with E-state index in [0.29, 0.717) is 12.5 Å². The molecule has 0 radical (unpaired) electrons. The van der Waals surface area contributed by atoms with E-state index in [4.69, 9.17) is 0 Å². The molecule has 0 fully saturated rings. The molecule has 0 aliphatic rings. The Morgan fingerprint density at radius 2 is 1.75 bits per heavy atom. The van der Waals surface area contributed by atoms with Gasteiger partial charge in [-0.05, 0) is 31.5 Å². The van der Waals surface area contributed by atoms with E-state index in [-0.39, 0.29) is 0 Å². The van der Waals surface area contributed by atoms with Gasteiger partial charge in [0, 0.05) is 25.4 Å². The van der Waals surface area contributed by atoms with Crippen LogP contribution in [0.4, 0.5) is 11.8 Å². The second-order valence-corrected chi connectivity index (χ2v) is 5.55. The van der Waals surface area contributed by atoms with E-state index in [1.165, 1.54) is 11.1 Å². The third-order valence-electron chi connectivity index (χ3n) is 3.58. The second kappa shape index (κ2) is 7.55. The van der Waals surface area contributed by atoms with Crippen molar-refractivity contribution in [2.24, 2.45) is 0 Å². The van der Waals surface area contributed by atoms with Crippen molar-refractivity contribution < 1.29 is 0 Å². The number of nitrogens with one attached hydrogen (secondary N) is 2. The van der Waals surface area contributed by atoms with E-state index in [1.807, 2.05) is 31.2 Å². The van der Waals surface area contributed by atoms with Crippen molar-refractivity contribution in [3.63, 3.8) is 0 Å². The number of aromatic nitrogens is 3. The molecule has 122 valence electrons. The molecule has 2 N–H and O–H groups in total. The molecule has 0 aliphatic carbocycles. The van der Waals surface area contributed by atoms with Gasteiger partial charge in [-0.25, -0.2) is 4.98 Å². The Morgan fingerprint density at radius 1 is 0.917 bits per heavy atom. The van der Waals surface area contributed by atoms with Crippen LogP contribution < -0.4 is 10.6 Å². The van der Waals surface area contributed by atoms with Crippen molar-refractivity contribution in [2.45, 2.75) is 20.4 Å². The zero-order valence-corrected chi connectivity index (χ0v) is 14.0. The molecule has 0 amide bonds. The van der Waals surface area contributed by atoms with Crippen molar-refractivity contribution in [3.05, 3.63) is 65.9 Å². The zero-order valence-electron chi connectivity index (χ0n) is 14.0. The van der Waals surface area contributed by atoms with Gasteiger partial charge in [0.15, 0.2) is 0 Å². The lowest BCUT2D eigenvalue weighted by Gasteiger charge is -2.10. The van der Waals surface area contributed by atoms with E-state index < -0.39 is 0 Å². The van der Waals surface area contributed by atoms with Crippen LogP contribution in [0, 0.1) is 6.92 Å². The van der Waals surface area contributed by atoms with Gasteiger partial charge >= 0.3 is 0 Å². The van der Waals surface area contributed by atoms with Crippen molar-refractivity contribution in [1.82, 2.24) is 15.0 Å². The summed E-state index contributed by atoms with van der Waals surface area (Å²) >= 11 is 0. The average Bonchev–Trinajstić information content (AvgIpc) is 2.62. The Kier molecular flexibility index (Phi) is 5.01. The van der Waals surface area contributed by atoms with Crippen LogP contribution in [0.3, 0.4) is 0 Å². The summed E-state index contributed by atoms with van der Waals surface area (Å²) in [5.41, 5.74) is 4.10. The Labute approximate surface area is 142 Å². The SMILES string of the molecule is CCNc1nc(NCc2ccc(C)cc2)cc(-c2ccccn2)n1. The maximum Gasteiger partial charge on any atom is 0.225 e. The number of anilines is 2. The van der Waals surface area contributed by atoms with Crippen LogP contribution >= 0.6 is 0 Å². The number of pyridine rings is 1. The molecule has 0 aliphatic heterocycles. The molecular weight excluding hydrogens is 298 g/mol. The Balaban J connectivity index is 1.83. The molecule has 0 saturated carbocycles. The minimum absolute atomic E-state index is 0.604. The fourth-order valence-electron chi connectivity index (χ4n) is 2.32. The van der Waals surface area contributed by atoms with Crippen LogP contribution in [-0.4, -0.2) is 21.5 Å². The predicted octanol–water partition coefficient (Wildman–Crippen LogP) is 3.89. The van der Waals surface area contributed by atoms with E-state index in [2.05, 4.69) is 56.8 Å². The summed E-state index contributed by atoms with van der Waals surface area (Å²) in [6.45, 7) is 5.59. The van der Waals surface area contributed by atoms with Gasteiger partial charge in [-0.15, -0.1) is 0 Å². The summed E-state index contributed by atoms with van der Waals surface area (Å²) in [6.07, 6.45) is 1.77. The first kappa shape index (κ1) is 15.9. The molecule has 5 heteroatoms. The Hall–Kier alpha value is -2.95. The lowest BCUT2D eigenvalue weighted by atomic mass is 10.1. The van der Waals surface area contributed by atoms with Gasteiger partial charge in [0.25, 0.3) is 0 Å². The minimum Gasteiger partial charge on any atom is -0.366 e. The normalized spacial score (nSPS) is 10.4. The first-order valence-corrected chi connectivity index (χ1v) is 8.08. The van der Waals surface area contributed by atoms with Gasteiger partial charge in [0.1, 0.15) is 5.82 Å². The molecule has 0 bridgehead atoms. The van der Waals surface area contributed by atoms with Gasteiger partial charge in [0.05, 0.1) is 11.4 Å². The summed E-state index contributed by atoms with van der Waals surface area (Å²) in [6, 6.07) is 16.2. The number of nitrogens with zero attached hydrogens (tertiary/aromatic N) is 3. The Bertz CT molecular complexity index is 785. The highest BCUT2D eigenvalue weighted by Crippen LogP contribution is 2.20. The lowest BCUT2D eigenvalue weighted by molar-refractivity contribution is 1.05. The van der Waals surface area contributed by atoms with Crippen LogP contribution in [0.1, 0.15) is 18.1 Å². The highest BCUT2D eigenvalue weighted by molar-refractivity contribution is 5.60. The van der Waals surface area contributed by atoms with Crippen LogP contribution in [0.5, 0.6) is 0 Å². The maximum absolute atomic E-state index is 4.54. The van der Waals surface area contributed by atoms with E-state index >= 15 is 0 Å². The fraction of sp³-hybridized carbons (Fsp3) is 0.211. The summed E-state index contributed by atoms with van der Waals surface area (Å²) in [5, 5.41) is 6.54. The monoisotopic (exact) mass is 319 g/mol. The van der Waals surface area contributed by atoms with Gasteiger partial charge in [0.2, 0.25) is 5.95 Å². The molecule has 0 unspecified atom stereocenters. The molecule has 5 nitrogen and oxygen atoms in total. The van der Waals surface area contributed by atoms with Gasteiger partial charge in [-0.1, -0.05) is 35.9 Å². The van der Waals surface area contributed by atoms with Crippen LogP contribution in [0.15, 0.2) is 54.7 Å². The average molecular weight is 319 g/mol. The predicted molar refractivity (Wildman–Crippen MR) is 97.9 cm³/mol. The lowest BCUT2D eigenvalue weighted by Crippen LogP contribution is -2.07. The van der Waals surface area contributed by atoms with Crippen molar-refractivity contribution in [3.8, 4) is 11.4 Å². The molecule has 0 saturated heterocycles. The van der Waals surface area contributed by atoms with E-state index in [9.17, 15) is 0 Å². The summed E-state index contributed by atoms with van der Waals surface area (Å²) in [7, 11) is 0. The standard InChI is InChI=1S/C19H21N5/c1-3-20-19-23-17(16-6-4-5-11-21-16)12-18(24-19)22-13-15-9-7-14(2)8-10-15/h4-12H,3,13H2,1-2H3,(H2,20,22,23,24). The molecule has 0 spiro atoms. The van der Waals surface area contributed by atoms with Crippen LogP contribution in [0.25, 0.3) is 11.4 Å². The third kappa shape index (κ3) is 4.07. The van der Waals surface area contributed by atoms with Gasteiger partial charge in [-0.3, -0.25) is 4.98 Å². The highest BCUT2D eigenvalue weighted by Gasteiger charge is 2.07. The quantitative estimate of drug-likeness (QED) is 0.721. The van der Waals surface area contributed by atoms with E-state index in [0.717, 1.165) is 23.8 Å².